The van der Waals surface area contributed by atoms with Gasteiger partial charge in [-0.15, -0.1) is 0 Å². The van der Waals surface area contributed by atoms with Crippen molar-refractivity contribution in [1.82, 2.24) is 4.57 Å². The molecule has 1 aromatic rings. The predicted molar refractivity (Wildman–Crippen MR) is 54.8 cm³/mol. The van der Waals surface area contributed by atoms with E-state index in [0.717, 1.165) is 18.0 Å². The van der Waals surface area contributed by atoms with Crippen LogP contribution in [-0.2, 0) is 13.5 Å². The fourth-order valence-corrected chi connectivity index (χ4v) is 2.32. The van der Waals surface area contributed by atoms with E-state index >= 15 is 0 Å². The van der Waals surface area contributed by atoms with Crippen molar-refractivity contribution in [3.8, 4) is 0 Å². The second kappa shape index (κ2) is 3.03. The monoisotopic (exact) mass is 198 g/mol. The molecule has 2 N–H and O–H groups in total. The standard InChI is InChI=1S/C10H15ClN2/c1-6-3-4-7-8(9(6)12)5-13(2)10(7)11/h5-6,9H,3-4,12H2,1-2H3. The third kappa shape index (κ3) is 1.29. The van der Waals surface area contributed by atoms with Crippen LogP contribution in [0.2, 0.25) is 5.15 Å². The number of hydrogen-bond donors (Lipinski definition) is 1. The van der Waals surface area contributed by atoms with Gasteiger partial charge in [0, 0.05) is 19.3 Å². The first-order valence-electron chi connectivity index (χ1n) is 4.70. The summed E-state index contributed by atoms with van der Waals surface area (Å²) in [5, 5.41) is 0.859. The average molecular weight is 199 g/mol. The number of aromatic nitrogens is 1. The third-order valence-electron chi connectivity index (χ3n) is 3.06. The van der Waals surface area contributed by atoms with Crippen molar-refractivity contribution < 1.29 is 0 Å². The van der Waals surface area contributed by atoms with Crippen LogP contribution in [0.5, 0.6) is 0 Å². The molecule has 0 saturated heterocycles. The van der Waals surface area contributed by atoms with Crippen LogP contribution in [0, 0.1) is 5.92 Å². The largest absolute Gasteiger partial charge is 0.341 e. The lowest BCUT2D eigenvalue weighted by molar-refractivity contribution is 0.413. The number of nitrogens with zero attached hydrogens (tertiary/aromatic N) is 1. The SMILES string of the molecule is CC1CCc2c(cn(C)c2Cl)C1N. The molecule has 1 aliphatic carbocycles. The molecule has 1 heterocycles. The van der Waals surface area contributed by atoms with Gasteiger partial charge in [0.05, 0.1) is 0 Å². The Hall–Kier alpha value is -0.470. The topological polar surface area (TPSA) is 30.9 Å². The molecule has 0 amide bonds. The van der Waals surface area contributed by atoms with Gasteiger partial charge in [0.15, 0.2) is 0 Å². The summed E-state index contributed by atoms with van der Waals surface area (Å²) in [7, 11) is 1.97. The number of nitrogens with two attached hydrogens (primary N) is 1. The van der Waals surface area contributed by atoms with E-state index in [1.54, 1.807) is 0 Å². The molecule has 1 aliphatic rings. The summed E-state index contributed by atoms with van der Waals surface area (Å²) in [4.78, 5) is 0. The molecule has 2 nitrogen and oxygen atoms in total. The van der Waals surface area contributed by atoms with Crippen molar-refractivity contribution in [3.63, 3.8) is 0 Å². The van der Waals surface area contributed by atoms with Crippen LogP contribution in [0.15, 0.2) is 6.20 Å². The van der Waals surface area contributed by atoms with E-state index in [1.165, 1.54) is 11.1 Å². The quantitative estimate of drug-likeness (QED) is 0.681. The molecular formula is C10H15ClN2. The van der Waals surface area contributed by atoms with Crippen molar-refractivity contribution in [1.29, 1.82) is 0 Å². The molecule has 1 aromatic heterocycles. The van der Waals surface area contributed by atoms with Crippen LogP contribution in [0.25, 0.3) is 0 Å². The van der Waals surface area contributed by atoms with Crippen LogP contribution >= 0.6 is 11.6 Å². The summed E-state index contributed by atoms with van der Waals surface area (Å²) in [6, 6.07) is 0.169. The Labute approximate surface area is 83.7 Å². The Morgan fingerprint density at radius 3 is 3.00 bits per heavy atom. The van der Waals surface area contributed by atoms with Gasteiger partial charge in [-0.3, -0.25) is 0 Å². The summed E-state index contributed by atoms with van der Waals surface area (Å²) in [6.07, 6.45) is 4.29. The highest BCUT2D eigenvalue weighted by molar-refractivity contribution is 6.30. The number of aryl methyl sites for hydroxylation is 1. The summed E-state index contributed by atoms with van der Waals surface area (Å²) in [5.74, 6) is 0.575. The zero-order valence-corrected chi connectivity index (χ0v) is 8.80. The van der Waals surface area contributed by atoms with Gasteiger partial charge in [0.1, 0.15) is 5.15 Å². The molecule has 0 aromatic carbocycles. The van der Waals surface area contributed by atoms with Gasteiger partial charge < -0.3 is 10.3 Å². The van der Waals surface area contributed by atoms with E-state index in [0.29, 0.717) is 5.92 Å². The zero-order valence-electron chi connectivity index (χ0n) is 8.05. The Balaban J connectivity index is 2.49. The summed E-state index contributed by atoms with van der Waals surface area (Å²) in [5.41, 5.74) is 8.60. The highest BCUT2D eigenvalue weighted by atomic mass is 35.5. The first kappa shape index (κ1) is 9.10. The van der Waals surface area contributed by atoms with Gasteiger partial charge in [0.2, 0.25) is 0 Å². The molecule has 72 valence electrons. The van der Waals surface area contributed by atoms with Gasteiger partial charge in [-0.05, 0) is 29.9 Å². The number of fused-ring (bicyclic) bond motifs is 1. The Kier molecular flexibility index (Phi) is 2.12. The van der Waals surface area contributed by atoms with E-state index in [-0.39, 0.29) is 6.04 Å². The van der Waals surface area contributed by atoms with Crippen LogP contribution in [-0.4, -0.2) is 4.57 Å². The van der Waals surface area contributed by atoms with Gasteiger partial charge in [0.25, 0.3) is 0 Å². The van der Waals surface area contributed by atoms with Crippen molar-refractivity contribution in [2.24, 2.45) is 18.7 Å². The molecule has 0 radical (unpaired) electrons. The third-order valence-corrected chi connectivity index (χ3v) is 3.56. The van der Waals surface area contributed by atoms with E-state index in [9.17, 15) is 0 Å². The van der Waals surface area contributed by atoms with E-state index < -0.39 is 0 Å². The maximum atomic E-state index is 6.15. The summed E-state index contributed by atoms with van der Waals surface area (Å²) >= 11 is 6.15. The zero-order chi connectivity index (χ0) is 9.59. The second-order valence-electron chi connectivity index (χ2n) is 4.01. The molecule has 0 bridgehead atoms. The molecule has 0 fully saturated rings. The van der Waals surface area contributed by atoms with Crippen molar-refractivity contribution >= 4 is 11.6 Å². The molecule has 2 rings (SSSR count). The Morgan fingerprint density at radius 2 is 2.31 bits per heavy atom. The minimum atomic E-state index is 0.169. The number of halogens is 1. The lowest BCUT2D eigenvalue weighted by Gasteiger charge is -2.25. The maximum absolute atomic E-state index is 6.15. The minimum Gasteiger partial charge on any atom is -0.341 e. The highest BCUT2D eigenvalue weighted by Gasteiger charge is 2.26. The number of hydrogen-bond acceptors (Lipinski definition) is 1. The predicted octanol–water partition coefficient (Wildman–Crippen LogP) is 2.26. The fraction of sp³-hybridized carbons (Fsp3) is 0.600. The summed E-state index contributed by atoms with van der Waals surface area (Å²) < 4.78 is 1.96. The molecular weight excluding hydrogens is 184 g/mol. The van der Waals surface area contributed by atoms with Crippen LogP contribution in [0.1, 0.15) is 30.5 Å². The Morgan fingerprint density at radius 1 is 1.62 bits per heavy atom. The second-order valence-corrected chi connectivity index (χ2v) is 4.36. The fourth-order valence-electron chi connectivity index (χ4n) is 2.07. The van der Waals surface area contributed by atoms with Crippen molar-refractivity contribution in [2.45, 2.75) is 25.8 Å². The highest BCUT2D eigenvalue weighted by Crippen LogP contribution is 2.36. The van der Waals surface area contributed by atoms with Crippen LogP contribution < -0.4 is 5.73 Å². The number of rotatable bonds is 0. The first-order valence-corrected chi connectivity index (χ1v) is 5.08. The van der Waals surface area contributed by atoms with E-state index in [4.69, 9.17) is 17.3 Å². The van der Waals surface area contributed by atoms with Gasteiger partial charge in [-0.25, -0.2) is 0 Å². The van der Waals surface area contributed by atoms with E-state index in [1.807, 2.05) is 11.6 Å². The smallest absolute Gasteiger partial charge is 0.112 e. The lowest BCUT2D eigenvalue weighted by atomic mass is 9.84. The normalized spacial score (nSPS) is 27.4. The first-order chi connectivity index (χ1) is 6.11. The molecule has 0 saturated carbocycles. The van der Waals surface area contributed by atoms with E-state index in [2.05, 4.69) is 13.1 Å². The van der Waals surface area contributed by atoms with Crippen molar-refractivity contribution in [3.05, 3.63) is 22.5 Å². The van der Waals surface area contributed by atoms with Gasteiger partial charge in [-0.2, -0.15) is 0 Å². The molecule has 2 unspecified atom stereocenters. The van der Waals surface area contributed by atoms with Crippen molar-refractivity contribution in [2.75, 3.05) is 0 Å². The molecule has 0 aliphatic heterocycles. The van der Waals surface area contributed by atoms with Crippen LogP contribution in [0.4, 0.5) is 0 Å². The van der Waals surface area contributed by atoms with Gasteiger partial charge in [-0.1, -0.05) is 18.5 Å². The lowest BCUT2D eigenvalue weighted by Crippen LogP contribution is -2.24. The molecule has 2 atom stereocenters. The maximum Gasteiger partial charge on any atom is 0.112 e. The Bertz CT molecular complexity index is 330. The van der Waals surface area contributed by atoms with Crippen LogP contribution in [0.3, 0.4) is 0 Å². The average Bonchev–Trinajstić information content (AvgIpc) is 2.38. The molecule has 13 heavy (non-hydrogen) atoms. The summed E-state index contributed by atoms with van der Waals surface area (Å²) in [6.45, 7) is 2.20. The molecule has 3 heteroatoms. The van der Waals surface area contributed by atoms with Gasteiger partial charge >= 0.3 is 0 Å². The molecule has 0 spiro atoms. The minimum absolute atomic E-state index is 0.169.